The van der Waals surface area contributed by atoms with Crippen molar-refractivity contribution >= 4 is 17.1 Å². The van der Waals surface area contributed by atoms with Crippen molar-refractivity contribution in [2.24, 2.45) is 7.05 Å². The number of anilines is 2. The average molecular weight is 331 g/mol. The van der Waals surface area contributed by atoms with Gasteiger partial charge >= 0.3 is 5.69 Å². The van der Waals surface area contributed by atoms with Gasteiger partial charge in [-0.2, -0.15) is 5.10 Å². The Morgan fingerprint density at radius 1 is 1.46 bits per heavy atom. The second kappa shape index (κ2) is 6.77. The normalized spacial score (nSPS) is 17.6. The molecule has 1 saturated heterocycles. The minimum atomic E-state index is -0.437. The number of nitro benzene ring substituents is 1. The van der Waals surface area contributed by atoms with E-state index in [-0.39, 0.29) is 17.5 Å². The molecule has 1 atom stereocenters. The van der Waals surface area contributed by atoms with E-state index in [1.165, 1.54) is 13.2 Å². The third-order valence-electron chi connectivity index (χ3n) is 4.22. The Hall–Kier alpha value is -2.77. The minimum Gasteiger partial charge on any atom is -0.490 e. The molecular formula is C16H21N5O3. The summed E-state index contributed by atoms with van der Waals surface area (Å²) in [5, 5.41) is 18.7. The average Bonchev–Trinajstić information content (AvgIpc) is 3.01. The van der Waals surface area contributed by atoms with Gasteiger partial charge in [0.15, 0.2) is 5.75 Å². The summed E-state index contributed by atoms with van der Waals surface area (Å²) in [5.41, 5.74) is 1.92. The third kappa shape index (κ3) is 3.42. The second-order valence-electron chi connectivity index (χ2n) is 5.95. The molecule has 0 bridgehead atoms. The van der Waals surface area contributed by atoms with Gasteiger partial charge in [0.25, 0.3) is 0 Å². The summed E-state index contributed by atoms with van der Waals surface area (Å²) in [5.74, 6) is 0.268. The fourth-order valence-electron chi connectivity index (χ4n) is 3.06. The maximum absolute atomic E-state index is 11.0. The molecule has 24 heavy (non-hydrogen) atoms. The molecule has 1 fully saturated rings. The molecule has 2 heterocycles. The van der Waals surface area contributed by atoms with E-state index in [9.17, 15) is 10.1 Å². The number of nitrogens with zero attached hydrogens (tertiary/aromatic N) is 4. The molecule has 3 rings (SSSR count). The van der Waals surface area contributed by atoms with Crippen LogP contribution in [0.2, 0.25) is 0 Å². The lowest BCUT2D eigenvalue weighted by Crippen LogP contribution is -2.42. The number of aromatic nitrogens is 2. The van der Waals surface area contributed by atoms with Crippen LogP contribution in [0.25, 0.3) is 0 Å². The van der Waals surface area contributed by atoms with E-state index in [1.807, 2.05) is 19.4 Å². The molecule has 0 spiro atoms. The van der Waals surface area contributed by atoms with Crippen molar-refractivity contribution in [3.05, 3.63) is 40.7 Å². The molecule has 8 heteroatoms. The minimum absolute atomic E-state index is 0.0244. The molecule has 1 unspecified atom stereocenters. The van der Waals surface area contributed by atoms with Crippen molar-refractivity contribution in [3.63, 3.8) is 0 Å². The highest BCUT2D eigenvalue weighted by atomic mass is 16.6. The monoisotopic (exact) mass is 331 g/mol. The molecule has 1 N–H and O–H groups in total. The van der Waals surface area contributed by atoms with E-state index >= 15 is 0 Å². The molecule has 0 saturated carbocycles. The molecule has 0 radical (unpaired) electrons. The van der Waals surface area contributed by atoms with Crippen LogP contribution in [0.3, 0.4) is 0 Å². The first-order chi connectivity index (χ1) is 11.6. The number of methoxy groups -OCH3 is 1. The Morgan fingerprint density at radius 2 is 2.29 bits per heavy atom. The van der Waals surface area contributed by atoms with Crippen molar-refractivity contribution in [2.45, 2.75) is 18.9 Å². The zero-order chi connectivity index (χ0) is 17.1. The maximum Gasteiger partial charge on any atom is 0.311 e. The van der Waals surface area contributed by atoms with Gasteiger partial charge in [-0.05, 0) is 18.9 Å². The van der Waals surface area contributed by atoms with Gasteiger partial charge in [0.05, 0.1) is 23.9 Å². The number of hydrogen-bond acceptors (Lipinski definition) is 6. The first-order valence-electron chi connectivity index (χ1n) is 7.89. The van der Waals surface area contributed by atoms with Gasteiger partial charge < -0.3 is 15.0 Å². The molecule has 1 aromatic heterocycles. The summed E-state index contributed by atoms with van der Waals surface area (Å²) in [4.78, 5) is 12.8. The molecular weight excluding hydrogens is 310 g/mol. The maximum atomic E-state index is 11.0. The van der Waals surface area contributed by atoms with E-state index < -0.39 is 4.92 Å². The summed E-state index contributed by atoms with van der Waals surface area (Å²) < 4.78 is 6.93. The fraction of sp³-hybridized carbons (Fsp3) is 0.438. The van der Waals surface area contributed by atoms with Gasteiger partial charge in [0.1, 0.15) is 0 Å². The van der Waals surface area contributed by atoms with E-state index in [0.717, 1.165) is 37.3 Å². The summed E-state index contributed by atoms with van der Waals surface area (Å²) in [6.07, 6.45) is 6.02. The van der Waals surface area contributed by atoms with Crippen LogP contribution in [-0.4, -0.2) is 40.9 Å². The molecule has 128 valence electrons. The molecule has 0 amide bonds. The number of aryl methyl sites for hydroxylation is 1. The molecule has 1 aromatic carbocycles. The summed E-state index contributed by atoms with van der Waals surface area (Å²) in [6, 6.07) is 5.15. The molecule has 2 aromatic rings. The molecule has 1 aliphatic rings. The topological polar surface area (TPSA) is 85.5 Å². The van der Waals surface area contributed by atoms with Crippen LogP contribution in [0.5, 0.6) is 5.75 Å². The van der Waals surface area contributed by atoms with Crippen molar-refractivity contribution < 1.29 is 9.66 Å². The summed E-state index contributed by atoms with van der Waals surface area (Å²) >= 11 is 0. The standard InChI is InChI=1S/C16H21N5O3/c1-19-11-14(9-17-19)20-7-3-4-13(10-20)18-12-5-6-15(21(22)23)16(8-12)24-2/h5-6,8-9,11,13,18H,3-4,7,10H2,1-2H3. The lowest BCUT2D eigenvalue weighted by molar-refractivity contribution is -0.385. The van der Waals surface area contributed by atoms with E-state index in [0.29, 0.717) is 0 Å². The van der Waals surface area contributed by atoms with Crippen molar-refractivity contribution in [1.29, 1.82) is 0 Å². The Balaban J connectivity index is 1.70. The van der Waals surface area contributed by atoms with Crippen LogP contribution < -0.4 is 15.0 Å². The Kier molecular flexibility index (Phi) is 4.54. The van der Waals surface area contributed by atoms with Gasteiger partial charge in [-0.1, -0.05) is 0 Å². The van der Waals surface area contributed by atoms with Crippen molar-refractivity contribution in [1.82, 2.24) is 9.78 Å². The number of piperidine rings is 1. The molecule has 8 nitrogen and oxygen atoms in total. The van der Waals surface area contributed by atoms with E-state index in [2.05, 4.69) is 15.3 Å². The number of nitrogens with one attached hydrogen (secondary N) is 1. The highest BCUT2D eigenvalue weighted by molar-refractivity contribution is 5.58. The summed E-state index contributed by atoms with van der Waals surface area (Å²) in [7, 11) is 3.35. The Morgan fingerprint density at radius 3 is 2.96 bits per heavy atom. The van der Waals surface area contributed by atoms with Gasteiger partial charge in [0.2, 0.25) is 0 Å². The SMILES string of the molecule is COc1cc(NC2CCCN(c3cnn(C)c3)C2)ccc1[N+](=O)[O-]. The number of ether oxygens (including phenoxy) is 1. The van der Waals surface area contributed by atoms with Crippen LogP contribution >= 0.6 is 0 Å². The van der Waals surface area contributed by atoms with Crippen LogP contribution in [0.1, 0.15) is 12.8 Å². The van der Waals surface area contributed by atoms with Crippen molar-refractivity contribution in [2.75, 3.05) is 30.4 Å². The van der Waals surface area contributed by atoms with Crippen LogP contribution in [-0.2, 0) is 7.05 Å². The number of benzene rings is 1. The van der Waals surface area contributed by atoms with Crippen LogP contribution in [0, 0.1) is 10.1 Å². The number of rotatable bonds is 5. The first-order valence-corrected chi connectivity index (χ1v) is 7.89. The first kappa shape index (κ1) is 16.1. The van der Waals surface area contributed by atoms with Gasteiger partial charge in [-0.25, -0.2) is 0 Å². The van der Waals surface area contributed by atoms with Crippen LogP contribution in [0.15, 0.2) is 30.6 Å². The quantitative estimate of drug-likeness (QED) is 0.669. The van der Waals surface area contributed by atoms with Gasteiger partial charge in [-0.3, -0.25) is 14.8 Å². The van der Waals surface area contributed by atoms with Gasteiger partial charge in [0, 0.05) is 50.2 Å². The lowest BCUT2D eigenvalue weighted by atomic mass is 10.0. The van der Waals surface area contributed by atoms with Crippen molar-refractivity contribution in [3.8, 4) is 5.75 Å². The number of hydrogen-bond donors (Lipinski definition) is 1. The van der Waals surface area contributed by atoms with E-state index in [4.69, 9.17) is 4.74 Å². The molecule has 1 aliphatic heterocycles. The smallest absolute Gasteiger partial charge is 0.311 e. The zero-order valence-corrected chi connectivity index (χ0v) is 13.8. The van der Waals surface area contributed by atoms with Crippen LogP contribution in [0.4, 0.5) is 17.1 Å². The Bertz CT molecular complexity index is 730. The van der Waals surface area contributed by atoms with Gasteiger partial charge in [-0.15, -0.1) is 0 Å². The number of nitro groups is 1. The third-order valence-corrected chi connectivity index (χ3v) is 4.22. The molecule has 0 aliphatic carbocycles. The predicted molar refractivity (Wildman–Crippen MR) is 91.7 cm³/mol. The highest BCUT2D eigenvalue weighted by Crippen LogP contribution is 2.30. The lowest BCUT2D eigenvalue weighted by Gasteiger charge is -2.34. The summed E-state index contributed by atoms with van der Waals surface area (Å²) in [6.45, 7) is 1.87. The predicted octanol–water partition coefficient (Wildman–Crippen LogP) is 2.42. The van der Waals surface area contributed by atoms with E-state index in [1.54, 1.807) is 16.8 Å². The second-order valence-corrected chi connectivity index (χ2v) is 5.95. The zero-order valence-electron chi connectivity index (χ0n) is 13.8. The highest BCUT2D eigenvalue weighted by Gasteiger charge is 2.22. The Labute approximate surface area is 140 Å². The fourth-order valence-corrected chi connectivity index (χ4v) is 3.06. The largest absolute Gasteiger partial charge is 0.490 e.